The van der Waals surface area contributed by atoms with Crippen LogP contribution in [-0.4, -0.2) is 18.7 Å². The summed E-state index contributed by atoms with van der Waals surface area (Å²) < 4.78 is 4.97. The molecule has 1 aliphatic rings. The van der Waals surface area contributed by atoms with E-state index < -0.39 is 0 Å². The number of ether oxygens (including phenoxy) is 1. The number of methoxy groups -OCH3 is 1. The predicted octanol–water partition coefficient (Wildman–Crippen LogP) is 6.08. The zero-order chi connectivity index (χ0) is 18.3. The van der Waals surface area contributed by atoms with Crippen molar-refractivity contribution < 1.29 is 14.3 Å². The Morgan fingerprint density at radius 3 is 1.68 bits per heavy atom. The number of hydrogen-bond acceptors (Lipinski definition) is 3. The molecule has 1 rings (SSSR count). The number of hydrogen-bond donors (Lipinski definition) is 0. The highest BCUT2D eigenvalue weighted by Gasteiger charge is 2.21. The van der Waals surface area contributed by atoms with Gasteiger partial charge in [0.2, 0.25) is 5.78 Å². The summed E-state index contributed by atoms with van der Waals surface area (Å²) >= 11 is 0. The molecule has 0 radical (unpaired) electrons. The van der Waals surface area contributed by atoms with E-state index in [1.807, 2.05) is 0 Å². The molecule has 0 heterocycles. The highest BCUT2D eigenvalue weighted by Crippen LogP contribution is 2.20. The van der Waals surface area contributed by atoms with Crippen LogP contribution in [-0.2, 0) is 14.3 Å². The van der Waals surface area contributed by atoms with Crippen molar-refractivity contribution in [1.82, 2.24) is 0 Å². The molecule has 0 aromatic rings. The SMILES string of the molecule is CCCCCCCCCCCCCCCC1=CC(=O)C=C(OC)C1=O. The van der Waals surface area contributed by atoms with E-state index in [4.69, 9.17) is 4.74 Å². The molecule has 0 unspecified atom stereocenters. The Balaban J connectivity index is 1.95. The largest absolute Gasteiger partial charge is 0.493 e. The van der Waals surface area contributed by atoms with Crippen LogP contribution in [0.3, 0.4) is 0 Å². The van der Waals surface area contributed by atoms with Gasteiger partial charge in [-0.05, 0) is 18.9 Å². The summed E-state index contributed by atoms with van der Waals surface area (Å²) in [6.07, 6.45) is 20.4. The fraction of sp³-hybridized carbons (Fsp3) is 0.727. The van der Waals surface area contributed by atoms with Crippen LogP contribution in [0.1, 0.15) is 96.8 Å². The van der Waals surface area contributed by atoms with Crippen LogP contribution in [0.5, 0.6) is 0 Å². The van der Waals surface area contributed by atoms with E-state index in [1.54, 1.807) is 0 Å². The third-order valence-electron chi connectivity index (χ3n) is 4.87. The van der Waals surface area contributed by atoms with Gasteiger partial charge in [-0.1, -0.05) is 84.0 Å². The summed E-state index contributed by atoms with van der Waals surface area (Å²) in [5.74, 6) is -0.0839. The number of carbonyl (C=O) groups excluding carboxylic acids is 2. The van der Waals surface area contributed by atoms with Crippen molar-refractivity contribution in [1.29, 1.82) is 0 Å². The number of carbonyl (C=O) groups is 2. The van der Waals surface area contributed by atoms with E-state index in [0.717, 1.165) is 12.8 Å². The average Bonchev–Trinajstić information content (AvgIpc) is 2.61. The average molecular weight is 349 g/mol. The van der Waals surface area contributed by atoms with E-state index in [1.165, 1.54) is 89.9 Å². The quantitative estimate of drug-likeness (QED) is 0.266. The maximum absolute atomic E-state index is 12.0. The van der Waals surface area contributed by atoms with Crippen molar-refractivity contribution in [3.05, 3.63) is 23.5 Å². The van der Waals surface area contributed by atoms with Gasteiger partial charge in [-0.25, -0.2) is 0 Å². The van der Waals surface area contributed by atoms with Gasteiger partial charge in [0.1, 0.15) is 0 Å². The number of Topliss-reactive ketones (excluding diaryl/α,β-unsaturated/α-hetero) is 1. The minimum atomic E-state index is -0.138. The van der Waals surface area contributed by atoms with Gasteiger partial charge < -0.3 is 4.74 Å². The van der Waals surface area contributed by atoms with Crippen LogP contribution in [0.25, 0.3) is 0 Å². The molecule has 0 aliphatic heterocycles. The summed E-state index contributed by atoms with van der Waals surface area (Å²) in [5, 5.41) is 0. The van der Waals surface area contributed by atoms with Crippen molar-refractivity contribution >= 4 is 11.6 Å². The van der Waals surface area contributed by atoms with Gasteiger partial charge in [-0.2, -0.15) is 0 Å². The maximum Gasteiger partial charge on any atom is 0.223 e. The first-order valence-corrected chi connectivity index (χ1v) is 10.2. The van der Waals surface area contributed by atoms with Crippen LogP contribution in [0.2, 0.25) is 0 Å². The molecule has 0 bridgehead atoms. The molecule has 0 amide bonds. The van der Waals surface area contributed by atoms with Gasteiger partial charge in [0.25, 0.3) is 0 Å². The molecular formula is C22H36O3. The normalized spacial score (nSPS) is 14.5. The molecule has 25 heavy (non-hydrogen) atoms. The molecule has 0 spiro atoms. The maximum atomic E-state index is 12.0. The Labute approximate surface area is 153 Å². The lowest BCUT2D eigenvalue weighted by Crippen LogP contribution is -2.15. The highest BCUT2D eigenvalue weighted by molar-refractivity contribution is 6.19. The second kappa shape index (κ2) is 13.9. The molecule has 0 fully saturated rings. The number of allylic oxidation sites excluding steroid dienone is 3. The molecular weight excluding hydrogens is 312 g/mol. The lowest BCUT2D eigenvalue weighted by atomic mass is 9.96. The Bertz CT molecular complexity index is 460. The zero-order valence-corrected chi connectivity index (χ0v) is 16.3. The summed E-state index contributed by atoms with van der Waals surface area (Å²) in [4.78, 5) is 23.6. The molecule has 0 saturated heterocycles. The lowest BCUT2D eigenvalue weighted by Gasteiger charge is -2.12. The van der Waals surface area contributed by atoms with Gasteiger partial charge in [-0.15, -0.1) is 0 Å². The highest BCUT2D eigenvalue weighted by atomic mass is 16.5. The summed E-state index contributed by atoms with van der Waals surface area (Å²) in [7, 11) is 1.44. The van der Waals surface area contributed by atoms with Crippen molar-refractivity contribution in [3.63, 3.8) is 0 Å². The molecule has 0 N–H and O–H groups in total. The van der Waals surface area contributed by atoms with Gasteiger partial charge in [0, 0.05) is 11.6 Å². The van der Waals surface area contributed by atoms with E-state index >= 15 is 0 Å². The van der Waals surface area contributed by atoms with Crippen molar-refractivity contribution in [2.75, 3.05) is 7.11 Å². The molecule has 0 saturated carbocycles. The Morgan fingerprint density at radius 1 is 0.720 bits per heavy atom. The summed E-state index contributed by atoms with van der Waals surface area (Å²) in [6.45, 7) is 2.26. The van der Waals surface area contributed by atoms with Crippen LogP contribution < -0.4 is 0 Å². The second-order valence-electron chi connectivity index (χ2n) is 7.11. The van der Waals surface area contributed by atoms with Crippen LogP contribution in [0, 0.1) is 0 Å². The van der Waals surface area contributed by atoms with Crippen LogP contribution >= 0.6 is 0 Å². The number of unbranched alkanes of at least 4 members (excludes halogenated alkanes) is 12. The lowest BCUT2D eigenvalue weighted by molar-refractivity contribution is -0.117. The third-order valence-corrected chi connectivity index (χ3v) is 4.87. The van der Waals surface area contributed by atoms with Crippen molar-refractivity contribution in [2.45, 2.75) is 96.8 Å². The van der Waals surface area contributed by atoms with Gasteiger partial charge in [0.05, 0.1) is 7.11 Å². The second-order valence-corrected chi connectivity index (χ2v) is 7.11. The van der Waals surface area contributed by atoms with Crippen LogP contribution in [0.4, 0.5) is 0 Å². The number of rotatable bonds is 15. The monoisotopic (exact) mass is 348 g/mol. The van der Waals surface area contributed by atoms with E-state index in [9.17, 15) is 9.59 Å². The zero-order valence-electron chi connectivity index (χ0n) is 16.3. The summed E-state index contributed by atoms with van der Waals surface area (Å²) in [5.41, 5.74) is 0.604. The standard InChI is InChI=1S/C22H36O3/c1-3-4-5-6-7-8-9-10-11-12-13-14-15-16-19-17-20(23)18-21(25-2)22(19)24/h17-18H,3-16H2,1-2H3. The molecule has 0 aromatic carbocycles. The first-order chi connectivity index (χ1) is 12.2. The Hall–Kier alpha value is -1.38. The molecule has 3 heteroatoms. The van der Waals surface area contributed by atoms with E-state index in [0.29, 0.717) is 12.0 Å². The van der Waals surface area contributed by atoms with E-state index in [2.05, 4.69) is 6.92 Å². The van der Waals surface area contributed by atoms with Crippen molar-refractivity contribution in [3.8, 4) is 0 Å². The smallest absolute Gasteiger partial charge is 0.223 e. The molecule has 3 nitrogen and oxygen atoms in total. The molecule has 1 aliphatic carbocycles. The Morgan fingerprint density at radius 2 is 1.20 bits per heavy atom. The fourth-order valence-corrected chi connectivity index (χ4v) is 3.30. The van der Waals surface area contributed by atoms with Gasteiger partial charge in [-0.3, -0.25) is 9.59 Å². The van der Waals surface area contributed by atoms with Crippen LogP contribution in [0.15, 0.2) is 23.5 Å². The Kier molecular flexibility index (Phi) is 12.0. The molecule has 0 aromatic heterocycles. The van der Waals surface area contributed by atoms with Gasteiger partial charge in [0.15, 0.2) is 11.5 Å². The third kappa shape index (κ3) is 9.62. The summed E-state index contributed by atoms with van der Waals surface area (Å²) in [6, 6.07) is 0. The predicted molar refractivity (Wildman–Crippen MR) is 104 cm³/mol. The first-order valence-electron chi connectivity index (χ1n) is 10.2. The van der Waals surface area contributed by atoms with Crippen molar-refractivity contribution in [2.24, 2.45) is 0 Å². The minimum absolute atomic E-state index is 0.124. The molecule has 0 atom stereocenters. The topological polar surface area (TPSA) is 43.4 Å². The van der Waals surface area contributed by atoms with Gasteiger partial charge >= 0.3 is 0 Å². The fourth-order valence-electron chi connectivity index (χ4n) is 3.30. The van der Waals surface area contributed by atoms with E-state index in [-0.39, 0.29) is 17.3 Å². The number of ketones is 2. The molecule has 142 valence electrons. The first kappa shape index (κ1) is 21.7. The minimum Gasteiger partial charge on any atom is -0.493 e.